The number of nitrogens with one attached hydrogen (secondary N) is 2. The van der Waals surface area contributed by atoms with Crippen LogP contribution in [0.25, 0.3) is 0 Å². The third-order valence-corrected chi connectivity index (χ3v) is 2.83. The summed E-state index contributed by atoms with van der Waals surface area (Å²) in [6, 6.07) is 0. The van der Waals surface area contributed by atoms with Gasteiger partial charge in [0.25, 0.3) is 0 Å². The molecule has 84 valence electrons. The SMILES string of the molecule is CNCCNCCCN1CCCCC1. The molecule has 2 N–H and O–H groups in total. The molecule has 0 bridgehead atoms. The molecule has 0 unspecified atom stereocenters. The van der Waals surface area contributed by atoms with Gasteiger partial charge in [0.2, 0.25) is 0 Å². The summed E-state index contributed by atoms with van der Waals surface area (Å²) in [6.07, 6.45) is 5.56. The van der Waals surface area contributed by atoms with Gasteiger partial charge in [0.15, 0.2) is 0 Å². The minimum atomic E-state index is 1.07. The predicted octanol–water partition coefficient (Wildman–Crippen LogP) is 0.671. The second kappa shape index (κ2) is 8.21. The molecule has 0 radical (unpaired) electrons. The highest BCUT2D eigenvalue weighted by atomic mass is 15.1. The van der Waals surface area contributed by atoms with Crippen LogP contribution in [-0.4, -0.2) is 51.2 Å². The zero-order chi connectivity index (χ0) is 10.1. The van der Waals surface area contributed by atoms with Gasteiger partial charge in [0, 0.05) is 13.1 Å². The third-order valence-electron chi connectivity index (χ3n) is 2.83. The van der Waals surface area contributed by atoms with E-state index in [1.807, 2.05) is 7.05 Å². The lowest BCUT2D eigenvalue weighted by molar-refractivity contribution is 0.226. The second-order valence-corrected chi connectivity index (χ2v) is 4.11. The second-order valence-electron chi connectivity index (χ2n) is 4.11. The molecule has 0 aromatic carbocycles. The van der Waals surface area contributed by atoms with E-state index in [4.69, 9.17) is 0 Å². The van der Waals surface area contributed by atoms with Gasteiger partial charge in [-0.05, 0) is 52.5 Å². The minimum absolute atomic E-state index is 1.07. The van der Waals surface area contributed by atoms with E-state index in [2.05, 4.69) is 15.5 Å². The van der Waals surface area contributed by atoms with Crippen LogP contribution in [-0.2, 0) is 0 Å². The molecule has 1 heterocycles. The highest BCUT2D eigenvalue weighted by Crippen LogP contribution is 2.08. The van der Waals surface area contributed by atoms with Gasteiger partial charge in [-0.1, -0.05) is 6.42 Å². The van der Waals surface area contributed by atoms with Crippen LogP contribution in [0.3, 0.4) is 0 Å². The fourth-order valence-electron chi connectivity index (χ4n) is 1.95. The number of piperidine rings is 1. The molecule has 3 nitrogen and oxygen atoms in total. The number of rotatable bonds is 7. The van der Waals surface area contributed by atoms with Crippen molar-refractivity contribution < 1.29 is 0 Å². The van der Waals surface area contributed by atoms with Crippen molar-refractivity contribution in [1.82, 2.24) is 15.5 Å². The fraction of sp³-hybridized carbons (Fsp3) is 1.00. The van der Waals surface area contributed by atoms with Crippen LogP contribution >= 0.6 is 0 Å². The van der Waals surface area contributed by atoms with Crippen molar-refractivity contribution in [3.8, 4) is 0 Å². The molecule has 0 aliphatic carbocycles. The monoisotopic (exact) mass is 199 g/mol. The molecule has 1 aliphatic rings. The van der Waals surface area contributed by atoms with Crippen molar-refractivity contribution in [3.05, 3.63) is 0 Å². The molecule has 0 atom stereocenters. The van der Waals surface area contributed by atoms with E-state index in [9.17, 15) is 0 Å². The summed E-state index contributed by atoms with van der Waals surface area (Å²) < 4.78 is 0. The molecule has 1 saturated heterocycles. The van der Waals surface area contributed by atoms with E-state index in [1.165, 1.54) is 45.3 Å². The lowest BCUT2D eigenvalue weighted by Crippen LogP contribution is -2.33. The fourth-order valence-corrected chi connectivity index (χ4v) is 1.95. The van der Waals surface area contributed by atoms with Crippen molar-refractivity contribution in [2.45, 2.75) is 25.7 Å². The van der Waals surface area contributed by atoms with E-state index in [0.29, 0.717) is 0 Å². The number of likely N-dealkylation sites (tertiary alicyclic amines) is 1. The van der Waals surface area contributed by atoms with Crippen molar-refractivity contribution in [1.29, 1.82) is 0 Å². The molecular weight excluding hydrogens is 174 g/mol. The standard InChI is InChI=1S/C11H25N3/c1-12-7-8-13-6-5-11-14-9-3-2-4-10-14/h12-13H,2-11H2,1H3. The number of likely N-dealkylation sites (N-methyl/N-ethyl adjacent to an activating group) is 1. The normalized spacial score (nSPS) is 18.6. The maximum atomic E-state index is 3.44. The van der Waals surface area contributed by atoms with Gasteiger partial charge >= 0.3 is 0 Å². The molecule has 14 heavy (non-hydrogen) atoms. The number of hydrogen-bond acceptors (Lipinski definition) is 3. The predicted molar refractivity (Wildman–Crippen MR) is 61.7 cm³/mol. The third kappa shape index (κ3) is 5.58. The first-order chi connectivity index (χ1) is 6.93. The Labute approximate surface area is 88.2 Å². The molecule has 0 aromatic rings. The Kier molecular flexibility index (Phi) is 7.01. The summed E-state index contributed by atoms with van der Waals surface area (Å²) in [4.78, 5) is 2.60. The van der Waals surface area contributed by atoms with Crippen LogP contribution in [0, 0.1) is 0 Å². The van der Waals surface area contributed by atoms with Gasteiger partial charge < -0.3 is 15.5 Å². The molecule has 0 amide bonds. The van der Waals surface area contributed by atoms with E-state index in [1.54, 1.807) is 0 Å². The van der Waals surface area contributed by atoms with Crippen LogP contribution < -0.4 is 10.6 Å². The van der Waals surface area contributed by atoms with Gasteiger partial charge in [-0.25, -0.2) is 0 Å². The molecule has 1 aliphatic heterocycles. The van der Waals surface area contributed by atoms with Crippen LogP contribution in [0.15, 0.2) is 0 Å². The molecule has 0 saturated carbocycles. The summed E-state index contributed by atoms with van der Waals surface area (Å²) in [7, 11) is 2.00. The first-order valence-electron chi connectivity index (χ1n) is 6.01. The maximum absolute atomic E-state index is 3.44. The number of hydrogen-bond donors (Lipinski definition) is 2. The molecule has 0 spiro atoms. The van der Waals surface area contributed by atoms with E-state index >= 15 is 0 Å². The molecule has 1 fully saturated rings. The van der Waals surface area contributed by atoms with Gasteiger partial charge in [-0.15, -0.1) is 0 Å². The quantitative estimate of drug-likeness (QED) is 0.590. The summed E-state index contributed by atoms with van der Waals surface area (Å²) in [6.45, 7) is 7.28. The van der Waals surface area contributed by atoms with Gasteiger partial charge in [0.05, 0.1) is 0 Å². The summed E-state index contributed by atoms with van der Waals surface area (Å²) in [5, 5.41) is 6.57. The van der Waals surface area contributed by atoms with E-state index in [-0.39, 0.29) is 0 Å². The van der Waals surface area contributed by atoms with Gasteiger partial charge in [-0.3, -0.25) is 0 Å². The summed E-state index contributed by atoms with van der Waals surface area (Å²) >= 11 is 0. The van der Waals surface area contributed by atoms with Crippen molar-refractivity contribution in [2.24, 2.45) is 0 Å². The smallest absolute Gasteiger partial charge is 0.00766 e. The van der Waals surface area contributed by atoms with Crippen molar-refractivity contribution >= 4 is 0 Å². The average molecular weight is 199 g/mol. The zero-order valence-corrected chi connectivity index (χ0v) is 9.52. The van der Waals surface area contributed by atoms with Crippen LogP contribution in [0.1, 0.15) is 25.7 Å². The van der Waals surface area contributed by atoms with Gasteiger partial charge in [0.1, 0.15) is 0 Å². The largest absolute Gasteiger partial charge is 0.318 e. The van der Waals surface area contributed by atoms with Crippen LogP contribution in [0.5, 0.6) is 0 Å². The Morgan fingerprint density at radius 2 is 1.79 bits per heavy atom. The average Bonchev–Trinajstić information content (AvgIpc) is 2.25. The summed E-state index contributed by atoms with van der Waals surface area (Å²) in [5.74, 6) is 0. The van der Waals surface area contributed by atoms with Crippen molar-refractivity contribution in [3.63, 3.8) is 0 Å². The van der Waals surface area contributed by atoms with Crippen LogP contribution in [0.4, 0.5) is 0 Å². The maximum Gasteiger partial charge on any atom is 0.00766 e. The minimum Gasteiger partial charge on any atom is -0.318 e. The first kappa shape index (κ1) is 12.0. The lowest BCUT2D eigenvalue weighted by atomic mass is 10.1. The highest BCUT2D eigenvalue weighted by molar-refractivity contribution is 4.64. The highest BCUT2D eigenvalue weighted by Gasteiger charge is 2.08. The number of nitrogens with zero attached hydrogens (tertiary/aromatic N) is 1. The van der Waals surface area contributed by atoms with E-state index in [0.717, 1.165) is 19.6 Å². The molecule has 3 heteroatoms. The zero-order valence-electron chi connectivity index (χ0n) is 9.52. The van der Waals surface area contributed by atoms with Crippen molar-refractivity contribution in [2.75, 3.05) is 46.3 Å². The first-order valence-corrected chi connectivity index (χ1v) is 6.01. The Bertz CT molecular complexity index is 122. The Morgan fingerprint density at radius 3 is 2.50 bits per heavy atom. The molecular formula is C11H25N3. The lowest BCUT2D eigenvalue weighted by Gasteiger charge is -2.26. The Morgan fingerprint density at radius 1 is 1.00 bits per heavy atom. The van der Waals surface area contributed by atoms with Gasteiger partial charge in [-0.2, -0.15) is 0 Å². The van der Waals surface area contributed by atoms with Crippen LogP contribution in [0.2, 0.25) is 0 Å². The Balaban J connectivity index is 1.82. The van der Waals surface area contributed by atoms with E-state index < -0.39 is 0 Å². The Hall–Kier alpha value is -0.120. The molecule has 0 aromatic heterocycles. The molecule has 1 rings (SSSR count). The summed E-state index contributed by atoms with van der Waals surface area (Å²) in [5.41, 5.74) is 0. The topological polar surface area (TPSA) is 27.3 Å².